The van der Waals surface area contributed by atoms with Gasteiger partial charge in [-0.1, -0.05) is 0 Å². The predicted molar refractivity (Wildman–Crippen MR) is 87.5 cm³/mol. The van der Waals surface area contributed by atoms with E-state index in [4.69, 9.17) is 4.74 Å². The predicted octanol–water partition coefficient (Wildman–Crippen LogP) is 2.38. The highest BCUT2D eigenvalue weighted by Gasteiger charge is 2.22. The standard InChI is InChI=1S/C16H21N3O2S/c20-11(8-21-7-10-4-5-10)6-17-15-14-12-2-1-3-13(12)22-16(14)19-9-18-15/h9-11,20H,1-8H2,(H,17,18,19)/t11-/m0/s1. The van der Waals surface area contributed by atoms with Crippen molar-refractivity contribution < 1.29 is 9.84 Å². The number of rotatable bonds is 7. The minimum atomic E-state index is -0.504. The van der Waals surface area contributed by atoms with Crippen molar-refractivity contribution in [1.29, 1.82) is 0 Å². The van der Waals surface area contributed by atoms with Crippen LogP contribution in [-0.2, 0) is 17.6 Å². The molecule has 0 spiro atoms. The third kappa shape index (κ3) is 2.95. The Morgan fingerprint density at radius 3 is 3.14 bits per heavy atom. The summed E-state index contributed by atoms with van der Waals surface area (Å²) in [6.45, 7) is 1.63. The van der Waals surface area contributed by atoms with Gasteiger partial charge in [0.25, 0.3) is 0 Å². The number of nitrogens with zero attached hydrogens (tertiary/aromatic N) is 2. The van der Waals surface area contributed by atoms with Gasteiger partial charge in [0, 0.05) is 18.0 Å². The molecule has 2 aromatic rings. The van der Waals surface area contributed by atoms with Crippen LogP contribution in [0.2, 0.25) is 0 Å². The van der Waals surface area contributed by atoms with Crippen molar-refractivity contribution in [3.05, 3.63) is 16.8 Å². The number of fused-ring (bicyclic) bond motifs is 3. The van der Waals surface area contributed by atoms with Crippen LogP contribution in [0, 0.1) is 5.92 Å². The second kappa shape index (κ2) is 6.10. The molecule has 6 heteroatoms. The van der Waals surface area contributed by atoms with E-state index in [-0.39, 0.29) is 0 Å². The topological polar surface area (TPSA) is 67.3 Å². The quantitative estimate of drug-likeness (QED) is 0.820. The summed E-state index contributed by atoms with van der Waals surface area (Å²) in [6.07, 6.45) is 7.15. The first kappa shape index (κ1) is 14.4. The highest BCUT2D eigenvalue weighted by atomic mass is 32.1. The van der Waals surface area contributed by atoms with Gasteiger partial charge in [-0.25, -0.2) is 9.97 Å². The molecule has 2 N–H and O–H groups in total. The number of aromatic nitrogens is 2. The number of aryl methyl sites for hydroxylation is 2. The van der Waals surface area contributed by atoms with Crippen molar-refractivity contribution in [2.45, 2.75) is 38.2 Å². The van der Waals surface area contributed by atoms with Crippen LogP contribution in [-0.4, -0.2) is 40.9 Å². The molecule has 2 aliphatic rings. The lowest BCUT2D eigenvalue weighted by atomic mass is 10.2. The average Bonchev–Trinajstić information content (AvgIpc) is 3.10. The molecule has 0 bridgehead atoms. The number of ether oxygens (including phenoxy) is 1. The Bertz CT molecular complexity index is 669. The Morgan fingerprint density at radius 1 is 1.36 bits per heavy atom. The molecule has 118 valence electrons. The molecule has 5 nitrogen and oxygen atoms in total. The van der Waals surface area contributed by atoms with Crippen LogP contribution in [0.3, 0.4) is 0 Å². The molecule has 4 rings (SSSR count). The van der Waals surface area contributed by atoms with Crippen LogP contribution in [0.25, 0.3) is 10.2 Å². The minimum Gasteiger partial charge on any atom is -0.389 e. The maximum Gasteiger partial charge on any atom is 0.138 e. The van der Waals surface area contributed by atoms with Crippen LogP contribution in [0.5, 0.6) is 0 Å². The van der Waals surface area contributed by atoms with Crippen LogP contribution < -0.4 is 5.32 Å². The van der Waals surface area contributed by atoms with Crippen LogP contribution in [0.15, 0.2) is 6.33 Å². The van der Waals surface area contributed by atoms with Gasteiger partial charge in [0.2, 0.25) is 0 Å². The first-order chi connectivity index (χ1) is 10.8. The fourth-order valence-electron chi connectivity index (χ4n) is 2.99. The Morgan fingerprint density at radius 2 is 2.27 bits per heavy atom. The van der Waals surface area contributed by atoms with Crippen molar-refractivity contribution >= 4 is 27.4 Å². The van der Waals surface area contributed by atoms with E-state index in [1.54, 1.807) is 17.7 Å². The van der Waals surface area contributed by atoms with Gasteiger partial charge in [0.1, 0.15) is 17.0 Å². The molecule has 2 aliphatic carbocycles. The zero-order valence-electron chi connectivity index (χ0n) is 12.5. The maximum atomic E-state index is 10.0. The molecular formula is C16H21N3O2S. The lowest BCUT2D eigenvalue weighted by Crippen LogP contribution is -2.25. The van der Waals surface area contributed by atoms with Gasteiger partial charge in [-0.15, -0.1) is 11.3 Å². The molecule has 0 unspecified atom stereocenters. The third-order valence-corrected chi connectivity index (χ3v) is 5.57. The lowest BCUT2D eigenvalue weighted by Gasteiger charge is -2.13. The molecule has 0 aromatic carbocycles. The average molecular weight is 319 g/mol. The second-order valence-electron chi connectivity index (χ2n) is 6.28. The second-order valence-corrected chi connectivity index (χ2v) is 7.36. The zero-order valence-corrected chi connectivity index (χ0v) is 13.4. The lowest BCUT2D eigenvalue weighted by molar-refractivity contribution is 0.0386. The normalized spacial score (nSPS) is 18.6. The van der Waals surface area contributed by atoms with E-state index in [2.05, 4.69) is 15.3 Å². The summed E-state index contributed by atoms with van der Waals surface area (Å²) in [6, 6.07) is 0. The van der Waals surface area contributed by atoms with Crippen molar-refractivity contribution in [3.8, 4) is 0 Å². The number of hydrogen-bond donors (Lipinski definition) is 2. The van der Waals surface area contributed by atoms with E-state index >= 15 is 0 Å². The van der Waals surface area contributed by atoms with E-state index in [0.29, 0.717) is 13.2 Å². The number of thiophene rings is 1. The van der Waals surface area contributed by atoms with E-state index in [0.717, 1.165) is 41.4 Å². The molecule has 1 saturated carbocycles. The largest absolute Gasteiger partial charge is 0.389 e. The van der Waals surface area contributed by atoms with Crippen LogP contribution >= 0.6 is 11.3 Å². The fraction of sp³-hybridized carbons (Fsp3) is 0.625. The number of aliphatic hydroxyl groups excluding tert-OH is 1. The molecule has 2 aromatic heterocycles. The fourth-order valence-corrected chi connectivity index (χ4v) is 4.22. The summed E-state index contributed by atoms with van der Waals surface area (Å²) in [4.78, 5) is 11.3. The van der Waals surface area contributed by atoms with Gasteiger partial charge in [0.15, 0.2) is 0 Å². The molecule has 22 heavy (non-hydrogen) atoms. The number of nitrogens with one attached hydrogen (secondary N) is 1. The highest BCUT2D eigenvalue weighted by molar-refractivity contribution is 7.19. The van der Waals surface area contributed by atoms with Crippen LogP contribution in [0.4, 0.5) is 5.82 Å². The van der Waals surface area contributed by atoms with Gasteiger partial charge >= 0.3 is 0 Å². The van der Waals surface area contributed by atoms with Gasteiger partial charge in [-0.3, -0.25) is 0 Å². The minimum absolute atomic E-state index is 0.388. The first-order valence-electron chi connectivity index (χ1n) is 8.06. The summed E-state index contributed by atoms with van der Waals surface area (Å²) >= 11 is 1.78. The highest BCUT2D eigenvalue weighted by Crippen LogP contribution is 2.38. The maximum absolute atomic E-state index is 10.0. The number of anilines is 1. The molecule has 0 radical (unpaired) electrons. The van der Waals surface area contributed by atoms with Gasteiger partial charge in [-0.2, -0.15) is 0 Å². The van der Waals surface area contributed by atoms with Crippen molar-refractivity contribution in [2.75, 3.05) is 25.1 Å². The molecule has 1 atom stereocenters. The van der Waals surface area contributed by atoms with E-state index in [1.807, 2.05) is 0 Å². The monoisotopic (exact) mass is 319 g/mol. The van der Waals surface area contributed by atoms with Crippen molar-refractivity contribution in [1.82, 2.24) is 9.97 Å². The van der Waals surface area contributed by atoms with Gasteiger partial charge in [0.05, 0.1) is 18.1 Å². The van der Waals surface area contributed by atoms with E-state index in [1.165, 1.54) is 29.7 Å². The third-order valence-electron chi connectivity index (χ3n) is 4.37. The van der Waals surface area contributed by atoms with Crippen LogP contribution in [0.1, 0.15) is 29.7 Å². The molecule has 0 aliphatic heterocycles. The Kier molecular flexibility index (Phi) is 3.98. The molecule has 2 heterocycles. The molecule has 0 amide bonds. The Labute approximate surface area is 133 Å². The smallest absolute Gasteiger partial charge is 0.138 e. The zero-order chi connectivity index (χ0) is 14.9. The summed E-state index contributed by atoms with van der Waals surface area (Å²) < 4.78 is 5.53. The Balaban J connectivity index is 1.40. The molecular weight excluding hydrogens is 298 g/mol. The SMILES string of the molecule is O[C@@H](CNc1ncnc2sc3c(c12)CCC3)COCC1CC1. The Hall–Kier alpha value is -1.24. The van der Waals surface area contributed by atoms with Gasteiger partial charge < -0.3 is 15.2 Å². The number of aliphatic hydroxyl groups is 1. The first-order valence-corrected chi connectivity index (χ1v) is 8.88. The number of hydrogen-bond acceptors (Lipinski definition) is 6. The molecule has 1 fully saturated rings. The van der Waals surface area contributed by atoms with Gasteiger partial charge in [-0.05, 0) is 43.6 Å². The summed E-state index contributed by atoms with van der Waals surface area (Å²) in [5.41, 5.74) is 1.41. The molecule has 0 saturated heterocycles. The van der Waals surface area contributed by atoms with E-state index < -0.39 is 6.10 Å². The summed E-state index contributed by atoms with van der Waals surface area (Å²) in [5.74, 6) is 1.58. The summed E-state index contributed by atoms with van der Waals surface area (Å²) in [7, 11) is 0. The van der Waals surface area contributed by atoms with Crippen molar-refractivity contribution in [3.63, 3.8) is 0 Å². The van der Waals surface area contributed by atoms with E-state index in [9.17, 15) is 5.11 Å². The van der Waals surface area contributed by atoms with Crippen molar-refractivity contribution in [2.24, 2.45) is 5.92 Å². The summed E-state index contributed by atoms with van der Waals surface area (Å²) in [5, 5.41) is 14.5.